The van der Waals surface area contributed by atoms with E-state index >= 15 is 0 Å². The fourth-order valence-corrected chi connectivity index (χ4v) is 3.73. The molecule has 0 aliphatic carbocycles. The maximum atomic E-state index is 12.3. The van der Waals surface area contributed by atoms with Gasteiger partial charge in [0.2, 0.25) is 0 Å². The van der Waals surface area contributed by atoms with E-state index in [1.165, 1.54) is 21.3 Å². The van der Waals surface area contributed by atoms with Crippen LogP contribution in [0.1, 0.15) is 12.5 Å². The Balaban J connectivity index is 2.49. The summed E-state index contributed by atoms with van der Waals surface area (Å²) < 4.78 is 14.6. The van der Waals surface area contributed by atoms with Crippen LogP contribution in [-0.2, 0) is 34.1 Å². The standard InChI is InChI=1S/C21H31N3O7/c1-15(20(28)31-4)24-10-9-23(12-19(27)30-3)13-21(14-24,22-11-18(26)29-2)16-5-7-17(25)8-6-16/h5-8,15,22,25H,9-14H2,1-4H3/t15-,21?/m1/s1. The summed E-state index contributed by atoms with van der Waals surface area (Å²) in [5.74, 6) is -1.11. The minimum absolute atomic E-state index is 0.0523. The molecule has 172 valence electrons. The molecule has 0 amide bonds. The van der Waals surface area contributed by atoms with Crippen molar-refractivity contribution in [1.29, 1.82) is 0 Å². The van der Waals surface area contributed by atoms with Crippen molar-refractivity contribution in [3.05, 3.63) is 29.8 Å². The normalized spacial score (nSPS) is 21.0. The number of ether oxygens (including phenoxy) is 3. The van der Waals surface area contributed by atoms with Crippen LogP contribution in [0.5, 0.6) is 5.75 Å². The number of methoxy groups -OCH3 is 3. The molecular weight excluding hydrogens is 406 g/mol. The van der Waals surface area contributed by atoms with Gasteiger partial charge in [-0.3, -0.25) is 29.5 Å². The molecule has 1 aromatic rings. The highest BCUT2D eigenvalue weighted by Gasteiger charge is 2.41. The highest BCUT2D eigenvalue weighted by molar-refractivity contribution is 5.75. The number of nitrogens with zero attached hydrogens (tertiary/aromatic N) is 2. The zero-order valence-corrected chi connectivity index (χ0v) is 18.4. The number of carbonyl (C=O) groups excluding carboxylic acids is 3. The minimum atomic E-state index is -0.852. The lowest BCUT2D eigenvalue weighted by molar-refractivity contribution is -0.147. The SMILES string of the molecule is COC(=O)CNC1(c2ccc(O)cc2)CN(CC(=O)OC)CCN([C@H](C)C(=O)OC)C1. The Morgan fingerprint density at radius 1 is 1.03 bits per heavy atom. The van der Waals surface area contributed by atoms with Crippen molar-refractivity contribution in [3.63, 3.8) is 0 Å². The Kier molecular flexibility index (Phi) is 8.78. The number of rotatable bonds is 8. The number of hydrogen-bond donors (Lipinski definition) is 2. The predicted molar refractivity (Wildman–Crippen MR) is 111 cm³/mol. The van der Waals surface area contributed by atoms with E-state index < -0.39 is 17.6 Å². The lowest BCUT2D eigenvalue weighted by atomic mass is 9.88. The molecule has 10 nitrogen and oxygen atoms in total. The van der Waals surface area contributed by atoms with Crippen LogP contribution in [0, 0.1) is 0 Å². The second-order valence-electron chi connectivity index (χ2n) is 7.52. The molecule has 1 aliphatic heterocycles. The first-order valence-electron chi connectivity index (χ1n) is 9.97. The van der Waals surface area contributed by atoms with Gasteiger partial charge in [-0.25, -0.2) is 0 Å². The summed E-state index contributed by atoms with van der Waals surface area (Å²) in [6.07, 6.45) is 0. The van der Waals surface area contributed by atoms with Gasteiger partial charge in [0.1, 0.15) is 11.8 Å². The molecule has 2 rings (SSSR count). The van der Waals surface area contributed by atoms with Gasteiger partial charge in [0.25, 0.3) is 0 Å². The third-order valence-electron chi connectivity index (χ3n) is 5.56. The van der Waals surface area contributed by atoms with Crippen LogP contribution in [0.2, 0.25) is 0 Å². The molecule has 2 atom stereocenters. The van der Waals surface area contributed by atoms with E-state index in [1.807, 2.05) is 9.80 Å². The molecule has 1 fully saturated rings. The van der Waals surface area contributed by atoms with Crippen LogP contribution in [0.4, 0.5) is 0 Å². The van der Waals surface area contributed by atoms with Gasteiger partial charge in [0.15, 0.2) is 0 Å². The summed E-state index contributed by atoms with van der Waals surface area (Å²) in [5.41, 5.74) is -0.0673. The second-order valence-corrected chi connectivity index (χ2v) is 7.52. The van der Waals surface area contributed by atoms with Crippen LogP contribution in [0.25, 0.3) is 0 Å². The molecule has 1 unspecified atom stereocenters. The molecule has 1 aromatic carbocycles. The summed E-state index contributed by atoms with van der Waals surface area (Å²) in [5, 5.41) is 13.0. The first-order valence-corrected chi connectivity index (χ1v) is 9.97. The topological polar surface area (TPSA) is 118 Å². The highest BCUT2D eigenvalue weighted by Crippen LogP contribution is 2.29. The van der Waals surface area contributed by atoms with Gasteiger partial charge in [0, 0.05) is 26.2 Å². The summed E-state index contributed by atoms with van der Waals surface area (Å²) in [4.78, 5) is 40.0. The molecule has 0 spiro atoms. The van der Waals surface area contributed by atoms with E-state index in [2.05, 4.69) is 5.32 Å². The number of nitrogens with one attached hydrogen (secondary N) is 1. The smallest absolute Gasteiger partial charge is 0.322 e. The third-order valence-corrected chi connectivity index (χ3v) is 5.56. The van der Waals surface area contributed by atoms with Crippen LogP contribution in [-0.4, -0.2) is 99.5 Å². The van der Waals surface area contributed by atoms with Crippen LogP contribution >= 0.6 is 0 Å². The molecule has 0 saturated carbocycles. The maximum absolute atomic E-state index is 12.3. The van der Waals surface area contributed by atoms with Gasteiger partial charge in [-0.15, -0.1) is 0 Å². The molecule has 2 N–H and O–H groups in total. The Labute approximate surface area is 182 Å². The first-order chi connectivity index (χ1) is 14.7. The summed E-state index contributed by atoms with van der Waals surface area (Å²) in [7, 11) is 3.97. The van der Waals surface area contributed by atoms with E-state index in [0.29, 0.717) is 26.2 Å². The number of esters is 3. The average molecular weight is 437 g/mol. The first kappa shape index (κ1) is 24.6. The number of phenolic OH excluding ortho intramolecular Hbond substituents is 1. The van der Waals surface area contributed by atoms with E-state index in [0.717, 1.165) is 5.56 Å². The van der Waals surface area contributed by atoms with Crippen molar-refractivity contribution in [2.24, 2.45) is 0 Å². The van der Waals surface area contributed by atoms with E-state index in [4.69, 9.17) is 14.2 Å². The summed E-state index contributed by atoms with van der Waals surface area (Å²) in [6.45, 7) is 3.42. The van der Waals surface area contributed by atoms with Crippen LogP contribution in [0.3, 0.4) is 0 Å². The summed E-state index contributed by atoms with van der Waals surface area (Å²) >= 11 is 0. The van der Waals surface area contributed by atoms with Crippen LogP contribution in [0.15, 0.2) is 24.3 Å². The van der Waals surface area contributed by atoms with Crippen molar-refractivity contribution in [2.45, 2.75) is 18.5 Å². The van der Waals surface area contributed by atoms with Crippen molar-refractivity contribution in [3.8, 4) is 5.75 Å². The molecule has 1 aliphatic rings. The third kappa shape index (κ3) is 6.39. The van der Waals surface area contributed by atoms with Crippen molar-refractivity contribution >= 4 is 17.9 Å². The van der Waals surface area contributed by atoms with Gasteiger partial charge in [0.05, 0.1) is 40.0 Å². The Hall–Kier alpha value is -2.69. The fourth-order valence-electron chi connectivity index (χ4n) is 3.73. The minimum Gasteiger partial charge on any atom is -0.508 e. The fraction of sp³-hybridized carbons (Fsp3) is 0.571. The molecule has 10 heteroatoms. The molecule has 1 heterocycles. The van der Waals surface area contributed by atoms with E-state index in [1.54, 1.807) is 31.2 Å². The Bertz CT molecular complexity index is 771. The monoisotopic (exact) mass is 437 g/mol. The predicted octanol–water partition coefficient (Wildman–Crippen LogP) is -0.298. The van der Waals surface area contributed by atoms with Gasteiger partial charge >= 0.3 is 17.9 Å². The van der Waals surface area contributed by atoms with Gasteiger partial charge in [-0.05, 0) is 24.6 Å². The number of carbonyl (C=O) groups is 3. The Morgan fingerprint density at radius 2 is 1.68 bits per heavy atom. The zero-order chi connectivity index (χ0) is 23.0. The highest BCUT2D eigenvalue weighted by atomic mass is 16.5. The van der Waals surface area contributed by atoms with Gasteiger partial charge < -0.3 is 19.3 Å². The lowest BCUT2D eigenvalue weighted by Gasteiger charge is -2.40. The second kappa shape index (κ2) is 11.1. The van der Waals surface area contributed by atoms with Gasteiger partial charge in [-0.1, -0.05) is 12.1 Å². The lowest BCUT2D eigenvalue weighted by Crippen LogP contribution is -2.57. The molecule has 31 heavy (non-hydrogen) atoms. The van der Waals surface area contributed by atoms with E-state index in [9.17, 15) is 19.5 Å². The number of phenols is 1. The molecule has 0 aromatic heterocycles. The zero-order valence-electron chi connectivity index (χ0n) is 18.4. The molecular formula is C21H31N3O7. The molecule has 1 saturated heterocycles. The number of aromatic hydroxyl groups is 1. The van der Waals surface area contributed by atoms with Crippen molar-refractivity contribution in [1.82, 2.24) is 15.1 Å². The summed E-state index contributed by atoms with van der Waals surface area (Å²) in [6, 6.07) is 6.07. The number of benzene rings is 1. The average Bonchev–Trinajstić information content (AvgIpc) is 2.96. The maximum Gasteiger partial charge on any atom is 0.322 e. The Morgan fingerprint density at radius 3 is 2.26 bits per heavy atom. The molecule has 0 bridgehead atoms. The van der Waals surface area contributed by atoms with Gasteiger partial charge in [-0.2, -0.15) is 0 Å². The quantitative estimate of drug-likeness (QED) is 0.415. The van der Waals surface area contributed by atoms with Crippen LogP contribution < -0.4 is 5.32 Å². The van der Waals surface area contributed by atoms with Crippen molar-refractivity contribution in [2.75, 3.05) is 60.6 Å². The largest absolute Gasteiger partial charge is 0.508 e. The van der Waals surface area contributed by atoms with E-state index in [-0.39, 0.29) is 30.8 Å². The number of hydrogen-bond acceptors (Lipinski definition) is 10. The van der Waals surface area contributed by atoms with Crippen molar-refractivity contribution < 1.29 is 33.7 Å². The molecule has 0 radical (unpaired) electrons.